The lowest BCUT2D eigenvalue weighted by Gasteiger charge is -2.11. The van der Waals surface area contributed by atoms with Gasteiger partial charge in [0.2, 0.25) is 0 Å². The molecule has 0 aliphatic heterocycles. The van der Waals surface area contributed by atoms with E-state index in [0.29, 0.717) is 0 Å². The van der Waals surface area contributed by atoms with Crippen molar-refractivity contribution in [2.45, 2.75) is 26.2 Å². The number of hydrogen-bond acceptors (Lipinski definition) is 3. The second kappa shape index (κ2) is 8.80. The summed E-state index contributed by atoms with van der Waals surface area (Å²) < 4.78 is 13.4. The second-order valence-electron chi connectivity index (χ2n) is 6.02. The normalized spacial score (nSPS) is 11.9. The van der Waals surface area contributed by atoms with Crippen molar-refractivity contribution in [2.24, 2.45) is 4.99 Å². The molecular weight excluding hydrogens is 349 g/mol. The highest BCUT2D eigenvalue weighted by Gasteiger charge is 2.06. The van der Waals surface area contributed by atoms with Gasteiger partial charge in [-0.05, 0) is 36.6 Å². The maximum atomic E-state index is 13.4. The standard InChI is InChI=1S/C19H24FN5S/c1-3-18-25-15(12-26-18)7-9-23-19(21-2)22-8-6-13-11-24-17-5-4-14(20)10-16(13)17/h4-5,10-12,24H,3,6-9H2,1-2H3,(H2,21,22,23). The van der Waals surface area contributed by atoms with Crippen LogP contribution >= 0.6 is 11.3 Å². The van der Waals surface area contributed by atoms with E-state index in [9.17, 15) is 4.39 Å². The monoisotopic (exact) mass is 373 g/mol. The average Bonchev–Trinajstić information content (AvgIpc) is 3.27. The number of aromatic nitrogens is 2. The summed E-state index contributed by atoms with van der Waals surface area (Å²) in [5, 5.41) is 10.8. The van der Waals surface area contributed by atoms with Crippen LogP contribution in [0, 0.1) is 5.82 Å². The molecule has 0 atom stereocenters. The SMILES string of the molecule is CCc1nc(CCNC(=NC)NCCc2c[nH]c3ccc(F)cc23)cs1. The fraction of sp³-hybridized carbons (Fsp3) is 0.368. The molecule has 138 valence electrons. The Morgan fingerprint density at radius 3 is 2.81 bits per heavy atom. The van der Waals surface area contributed by atoms with Gasteiger partial charge in [-0.2, -0.15) is 0 Å². The van der Waals surface area contributed by atoms with Crippen LogP contribution in [0.4, 0.5) is 4.39 Å². The molecule has 0 aliphatic rings. The molecular formula is C19H24FN5S. The summed E-state index contributed by atoms with van der Waals surface area (Å²) in [5.41, 5.74) is 3.17. The molecule has 26 heavy (non-hydrogen) atoms. The van der Waals surface area contributed by atoms with E-state index < -0.39 is 0 Å². The molecule has 0 spiro atoms. The molecule has 3 aromatic rings. The van der Waals surface area contributed by atoms with Crippen molar-refractivity contribution in [2.75, 3.05) is 20.1 Å². The topological polar surface area (TPSA) is 65.1 Å². The highest BCUT2D eigenvalue weighted by atomic mass is 32.1. The van der Waals surface area contributed by atoms with Gasteiger partial charge in [0.1, 0.15) is 5.82 Å². The minimum atomic E-state index is -0.211. The first kappa shape index (κ1) is 18.4. The van der Waals surface area contributed by atoms with Gasteiger partial charge >= 0.3 is 0 Å². The van der Waals surface area contributed by atoms with Crippen molar-refractivity contribution in [1.29, 1.82) is 0 Å². The minimum absolute atomic E-state index is 0.211. The molecule has 3 N–H and O–H groups in total. The van der Waals surface area contributed by atoms with Gasteiger partial charge in [-0.25, -0.2) is 9.37 Å². The smallest absolute Gasteiger partial charge is 0.190 e. The summed E-state index contributed by atoms with van der Waals surface area (Å²) in [6.45, 7) is 3.62. The van der Waals surface area contributed by atoms with Crippen LogP contribution in [0.5, 0.6) is 0 Å². The first-order chi connectivity index (χ1) is 12.7. The van der Waals surface area contributed by atoms with Gasteiger partial charge in [-0.3, -0.25) is 4.99 Å². The summed E-state index contributed by atoms with van der Waals surface area (Å²) >= 11 is 1.71. The molecule has 3 rings (SSSR count). The lowest BCUT2D eigenvalue weighted by Crippen LogP contribution is -2.39. The maximum Gasteiger partial charge on any atom is 0.190 e. The van der Waals surface area contributed by atoms with Gasteiger partial charge in [-0.15, -0.1) is 11.3 Å². The van der Waals surface area contributed by atoms with Crippen LogP contribution in [0.15, 0.2) is 34.8 Å². The van der Waals surface area contributed by atoms with Gasteiger partial charge in [-0.1, -0.05) is 6.92 Å². The van der Waals surface area contributed by atoms with Crippen molar-refractivity contribution in [3.8, 4) is 0 Å². The number of halogens is 1. The lowest BCUT2D eigenvalue weighted by molar-refractivity contribution is 0.629. The number of nitrogens with zero attached hydrogens (tertiary/aromatic N) is 2. The van der Waals surface area contributed by atoms with Crippen LogP contribution in [0.25, 0.3) is 10.9 Å². The van der Waals surface area contributed by atoms with Gasteiger partial charge in [0.15, 0.2) is 5.96 Å². The van der Waals surface area contributed by atoms with Gasteiger partial charge in [0.05, 0.1) is 10.7 Å². The van der Waals surface area contributed by atoms with Gasteiger partial charge in [0.25, 0.3) is 0 Å². The maximum absolute atomic E-state index is 13.4. The molecule has 1 aromatic carbocycles. The third-order valence-corrected chi connectivity index (χ3v) is 5.26. The molecule has 0 bridgehead atoms. The number of aryl methyl sites for hydroxylation is 1. The predicted molar refractivity (Wildman–Crippen MR) is 107 cm³/mol. The Balaban J connectivity index is 1.45. The second-order valence-corrected chi connectivity index (χ2v) is 6.96. The van der Waals surface area contributed by atoms with Gasteiger partial charge in [0, 0.05) is 49.0 Å². The van der Waals surface area contributed by atoms with Crippen LogP contribution in [0.2, 0.25) is 0 Å². The molecule has 2 aromatic heterocycles. The number of aromatic amines is 1. The Morgan fingerprint density at radius 2 is 2.08 bits per heavy atom. The van der Waals surface area contributed by atoms with Crippen molar-refractivity contribution in [3.05, 3.63) is 51.9 Å². The van der Waals surface area contributed by atoms with Crippen LogP contribution in [0.3, 0.4) is 0 Å². The van der Waals surface area contributed by atoms with Gasteiger partial charge < -0.3 is 15.6 Å². The minimum Gasteiger partial charge on any atom is -0.361 e. The average molecular weight is 374 g/mol. The lowest BCUT2D eigenvalue weighted by atomic mass is 10.1. The number of aliphatic imine (C=N–C) groups is 1. The summed E-state index contributed by atoms with van der Waals surface area (Å²) in [4.78, 5) is 12.0. The van der Waals surface area contributed by atoms with Crippen molar-refractivity contribution < 1.29 is 4.39 Å². The molecule has 0 saturated heterocycles. The zero-order valence-electron chi connectivity index (χ0n) is 15.1. The number of H-pyrrole nitrogens is 1. The first-order valence-corrected chi connectivity index (χ1v) is 9.71. The van der Waals surface area contributed by atoms with E-state index in [0.717, 1.165) is 60.5 Å². The molecule has 0 saturated carbocycles. The van der Waals surface area contributed by atoms with E-state index in [4.69, 9.17) is 0 Å². The molecule has 7 heteroatoms. The predicted octanol–water partition coefficient (Wildman–Crippen LogP) is 3.28. The Kier molecular flexibility index (Phi) is 6.22. The van der Waals surface area contributed by atoms with Crippen LogP contribution in [0.1, 0.15) is 23.2 Å². The highest BCUT2D eigenvalue weighted by Crippen LogP contribution is 2.19. The van der Waals surface area contributed by atoms with E-state index in [-0.39, 0.29) is 5.82 Å². The van der Waals surface area contributed by atoms with Crippen molar-refractivity contribution >= 4 is 28.2 Å². The largest absolute Gasteiger partial charge is 0.361 e. The molecule has 2 heterocycles. The molecule has 0 radical (unpaired) electrons. The van der Waals surface area contributed by atoms with Crippen LogP contribution in [-0.4, -0.2) is 36.1 Å². The number of nitrogens with one attached hydrogen (secondary N) is 3. The van der Waals surface area contributed by atoms with Crippen molar-refractivity contribution in [3.63, 3.8) is 0 Å². The zero-order valence-corrected chi connectivity index (χ0v) is 15.9. The summed E-state index contributed by atoms with van der Waals surface area (Å²) in [6.07, 6.45) is 4.59. The van der Waals surface area contributed by atoms with E-state index in [2.05, 4.69) is 37.9 Å². The van der Waals surface area contributed by atoms with E-state index in [1.807, 2.05) is 6.20 Å². The van der Waals surface area contributed by atoms with Crippen molar-refractivity contribution in [1.82, 2.24) is 20.6 Å². The van der Waals surface area contributed by atoms with Crippen LogP contribution in [-0.2, 0) is 19.3 Å². The molecule has 5 nitrogen and oxygen atoms in total. The number of fused-ring (bicyclic) bond motifs is 1. The van der Waals surface area contributed by atoms with Crippen LogP contribution < -0.4 is 10.6 Å². The number of thiazole rings is 1. The fourth-order valence-corrected chi connectivity index (χ4v) is 3.61. The zero-order chi connectivity index (χ0) is 18.4. The van der Waals surface area contributed by atoms with E-state index in [1.165, 1.54) is 11.1 Å². The Bertz CT molecular complexity index is 883. The first-order valence-electron chi connectivity index (χ1n) is 8.83. The third-order valence-electron chi connectivity index (χ3n) is 4.22. The summed E-state index contributed by atoms with van der Waals surface area (Å²) in [6, 6.07) is 4.82. The number of benzene rings is 1. The summed E-state index contributed by atoms with van der Waals surface area (Å²) in [5.74, 6) is 0.555. The number of guanidine groups is 1. The molecule has 0 amide bonds. The molecule has 0 fully saturated rings. The number of hydrogen-bond donors (Lipinski definition) is 3. The third kappa shape index (κ3) is 4.60. The fourth-order valence-electron chi connectivity index (χ4n) is 2.83. The molecule has 0 unspecified atom stereocenters. The Morgan fingerprint density at radius 1 is 1.27 bits per heavy atom. The molecule has 0 aliphatic carbocycles. The Labute approximate surface area is 156 Å². The Hall–Kier alpha value is -2.41. The summed E-state index contributed by atoms with van der Waals surface area (Å²) in [7, 11) is 1.76. The highest BCUT2D eigenvalue weighted by molar-refractivity contribution is 7.09. The van der Waals surface area contributed by atoms with E-state index in [1.54, 1.807) is 30.5 Å². The number of rotatable bonds is 7. The van der Waals surface area contributed by atoms with E-state index >= 15 is 0 Å². The quantitative estimate of drug-likeness (QED) is 0.440.